The molecule has 1 aromatic rings. The molecule has 0 fully saturated rings. The maximum Gasteiger partial charge on any atom is 0.315 e. The Labute approximate surface area is 108 Å². The van der Waals surface area contributed by atoms with Crippen molar-refractivity contribution < 1.29 is 4.92 Å². The number of hydrogen-bond acceptors (Lipinski definition) is 4. The Morgan fingerprint density at radius 1 is 1.28 bits per heavy atom. The summed E-state index contributed by atoms with van der Waals surface area (Å²) in [5.74, 6) is 1.01. The van der Waals surface area contributed by atoms with Crippen molar-refractivity contribution in [2.75, 3.05) is 24.2 Å². The summed E-state index contributed by atoms with van der Waals surface area (Å²) < 4.78 is 0. The summed E-state index contributed by atoms with van der Waals surface area (Å²) in [7, 11) is 1.68. The van der Waals surface area contributed by atoms with E-state index < -0.39 is 0 Å². The second-order valence-corrected chi connectivity index (χ2v) is 4.81. The summed E-state index contributed by atoms with van der Waals surface area (Å²) in [6.45, 7) is 7.15. The molecule has 0 aliphatic heterocycles. The summed E-state index contributed by atoms with van der Waals surface area (Å²) in [5.41, 5.74) is 1.21. The van der Waals surface area contributed by atoms with Crippen molar-refractivity contribution in [2.24, 2.45) is 11.8 Å². The molecule has 0 saturated heterocycles. The second-order valence-electron chi connectivity index (χ2n) is 4.81. The zero-order chi connectivity index (χ0) is 13.7. The van der Waals surface area contributed by atoms with Crippen LogP contribution in [0.2, 0.25) is 0 Å². The lowest BCUT2D eigenvalue weighted by Crippen LogP contribution is -2.17. The summed E-state index contributed by atoms with van der Waals surface area (Å²) in [6, 6.07) is 5.25. The van der Waals surface area contributed by atoms with Crippen LogP contribution in [0.3, 0.4) is 0 Å². The van der Waals surface area contributed by atoms with E-state index in [9.17, 15) is 10.1 Å². The van der Waals surface area contributed by atoms with Crippen LogP contribution in [0.25, 0.3) is 0 Å². The number of anilines is 2. The van der Waals surface area contributed by atoms with E-state index in [2.05, 4.69) is 31.4 Å². The smallest absolute Gasteiger partial charge is 0.315 e. The van der Waals surface area contributed by atoms with Crippen molar-refractivity contribution in [2.45, 2.75) is 20.8 Å². The maximum atomic E-state index is 11.1. The monoisotopic (exact) mass is 251 g/mol. The third-order valence-corrected chi connectivity index (χ3v) is 3.24. The molecule has 18 heavy (non-hydrogen) atoms. The van der Waals surface area contributed by atoms with E-state index in [1.807, 2.05) is 0 Å². The van der Waals surface area contributed by atoms with E-state index in [1.165, 1.54) is 0 Å². The molecule has 0 spiro atoms. The van der Waals surface area contributed by atoms with Gasteiger partial charge >= 0.3 is 5.69 Å². The van der Waals surface area contributed by atoms with Gasteiger partial charge in [-0.05, 0) is 24.0 Å². The molecule has 1 atom stereocenters. The topological polar surface area (TPSA) is 67.2 Å². The lowest BCUT2D eigenvalue weighted by Gasteiger charge is -2.17. The molecule has 100 valence electrons. The third kappa shape index (κ3) is 3.35. The fraction of sp³-hybridized carbons (Fsp3) is 0.538. The van der Waals surface area contributed by atoms with Crippen molar-refractivity contribution in [3.63, 3.8) is 0 Å². The molecule has 1 rings (SSSR count). The maximum absolute atomic E-state index is 11.1. The molecular weight excluding hydrogens is 230 g/mol. The van der Waals surface area contributed by atoms with Gasteiger partial charge in [0.2, 0.25) is 0 Å². The first kappa shape index (κ1) is 14.3. The van der Waals surface area contributed by atoms with Crippen LogP contribution >= 0.6 is 0 Å². The van der Waals surface area contributed by atoms with Gasteiger partial charge in [0, 0.05) is 13.6 Å². The zero-order valence-corrected chi connectivity index (χ0v) is 11.4. The van der Waals surface area contributed by atoms with Gasteiger partial charge in [0.25, 0.3) is 0 Å². The largest absolute Gasteiger partial charge is 0.382 e. The van der Waals surface area contributed by atoms with E-state index >= 15 is 0 Å². The van der Waals surface area contributed by atoms with Crippen LogP contribution in [0.5, 0.6) is 0 Å². The SMILES string of the molecule is CNc1cccc(NCC(C)C(C)C)c1[N+](=O)[O-]. The lowest BCUT2D eigenvalue weighted by atomic mass is 9.98. The zero-order valence-electron chi connectivity index (χ0n) is 11.4. The second kappa shape index (κ2) is 6.23. The van der Waals surface area contributed by atoms with E-state index in [0.717, 1.165) is 6.54 Å². The molecule has 0 radical (unpaired) electrons. The predicted molar refractivity (Wildman–Crippen MR) is 75.1 cm³/mol. The van der Waals surface area contributed by atoms with Crippen LogP contribution in [0.1, 0.15) is 20.8 Å². The minimum atomic E-state index is -0.353. The normalized spacial score (nSPS) is 12.3. The first-order valence-corrected chi connectivity index (χ1v) is 6.16. The van der Waals surface area contributed by atoms with Crippen LogP contribution in [0, 0.1) is 22.0 Å². The predicted octanol–water partition coefficient (Wildman–Crippen LogP) is 3.34. The quantitative estimate of drug-likeness (QED) is 0.601. The Kier molecular flexibility index (Phi) is 4.95. The van der Waals surface area contributed by atoms with Gasteiger partial charge in [-0.15, -0.1) is 0 Å². The summed E-state index contributed by atoms with van der Waals surface area (Å²) in [5, 5.41) is 17.1. The number of nitrogens with one attached hydrogen (secondary N) is 2. The van der Waals surface area contributed by atoms with Gasteiger partial charge < -0.3 is 10.6 Å². The molecule has 0 aromatic heterocycles. The third-order valence-electron chi connectivity index (χ3n) is 3.24. The highest BCUT2D eigenvalue weighted by molar-refractivity contribution is 5.75. The molecule has 0 amide bonds. The minimum Gasteiger partial charge on any atom is -0.382 e. The van der Waals surface area contributed by atoms with Crippen molar-refractivity contribution in [1.29, 1.82) is 0 Å². The molecule has 0 saturated carbocycles. The molecule has 5 nitrogen and oxygen atoms in total. The average Bonchev–Trinajstić information content (AvgIpc) is 2.34. The van der Waals surface area contributed by atoms with Crippen molar-refractivity contribution in [3.05, 3.63) is 28.3 Å². The van der Waals surface area contributed by atoms with Crippen molar-refractivity contribution in [1.82, 2.24) is 0 Å². The number of nitro benzene ring substituents is 1. The van der Waals surface area contributed by atoms with Gasteiger partial charge in [-0.3, -0.25) is 10.1 Å². The Hall–Kier alpha value is -1.78. The van der Waals surface area contributed by atoms with Gasteiger partial charge in [-0.1, -0.05) is 26.8 Å². The van der Waals surface area contributed by atoms with Gasteiger partial charge in [0.15, 0.2) is 0 Å². The minimum absolute atomic E-state index is 0.107. The summed E-state index contributed by atoms with van der Waals surface area (Å²) in [6.07, 6.45) is 0. The highest BCUT2D eigenvalue weighted by atomic mass is 16.6. The summed E-state index contributed by atoms with van der Waals surface area (Å²) in [4.78, 5) is 10.8. The first-order valence-electron chi connectivity index (χ1n) is 6.16. The number of para-hydroxylation sites is 1. The summed E-state index contributed by atoms with van der Waals surface area (Å²) >= 11 is 0. The molecule has 0 aliphatic carbocycles. The molecule has 5 heteroatoms. The lowest BCUT2D eigenvalue weighted by molar-refractivity contribution is -0.383. The van der Waals surface area contributed by atoms with Crippen molar-refractivity contribution >= 4 is 17.1 Å². The number of rotatable bonds is 6. The molecule has 0 bridgehead atoms. The fourth-order valence-corrected chi connectivity index (χ4v) is 1.59. The number of nitro groups is 1. The van der Waals surface area contributed by atoms with Crippen molar-refractivity contribution in [3.8, 4) is 0 Å². The van der Waals surface area contributed by atoms with Crippen LogP contribution in [-0.2, 0) is 0 Å². The fourth-order valence-electron chi connectivity index (χ4n) is 1.59. The van der Waals surface area contributed by atoms with Crippen LogP contribution in [-0.4, -0.2) is 18.5 Å². The number of benzene rings is 1. The Balaban J connectivity index is 2.91. The van der Waals surface area contributed by atoms with Gasteiger partial charge in [-0.25, -0.2) is 0 Å². The van der Waals surface area contributed by atoms with E-state index in [1.54, 1.807) is 25.2 Å². The first-order chi connectivity index (χ1) is 8.47. The van der Waals surface area contributed by atoms with Gasteiger partial charge in [-0.2, -0.15) is 0 Å². The molecule has 0 aliphatic rings. The van der Waals surface area contributed by atoms with E-state index in [-0.39, 0.29) is 10.6 Å². The van der Waals surface area contributed by atoms with Crippen LogP contribution in [0.15, 0.2) is 18.2 Å². The Morgan fingerprint density at radius 2 is 1.89 bits per heavy atom. The number of hydrogen-bond donors (Lipinski definition) is 2. The van der Waals surface area contributed by atoms with Crippen LogP contribution in [0.4, 0.5) is 17.1 Å². The van der Waals surface area contributed by atoms with Gasteiger partial charge in [0.05, 0.1) is 4.92 Å². The van der Waals surface area contributed by atoms with Gasteiger partial charge in [0.1, 0.15) is 11.4 Å². The average molecular weight is 251 g/mol. The number of nitrogens with zero attached hydrogens (tertiary/aromatic N) is 1. The highest BCUT2D eigenvalue weighted by Gasteiger charge is 2.19. The molecule has 0 heterocycles. The van der Waals surface area contributed by atoms with E-state index in [0.29, 0.717) is 23.2 Å². The highest BCUT2D eigenvalue weighted by Crippen LogP contribution is 2.32. The van der Waals surface area contributed by atoms with E-state index in [4.69, 9.17) is 0 Å². The van der Waals surface area contributed by atoms with Crippen LogP contribution < -0.4 is 10.6 Å². The Morgan fingerprint density at radius 3 is 2.39 bits per heavy atom. The molecular formula is C13H21N3O2. The molecule has 1 unspecified atom stereocenters. The Bertz CT molecular complexity index is 419. The standard InChI is InChI=1S/C13H21N3O2/c1-9(2)10(3)8-15-12-7-5-6-11(14-4)13(12)16(17)18/h5-7,9-10,14-15H,8H2,1-4H3. The molecule has 1 aromatic carbocycles. The molecule has 2 N–H and O–H groups in total.